The standard InChI is InChI=1S/C9H16P2S/c1-7-9(11(4)5)8(6-12-7)10(2)3/h6H,1-5H3. The van der Waals surface area contributed by atoms with Crippen molar-refractivity contribution in [1.29, 1.82) is 0 Å². The van der Waals surface area contributed by atoms with E-state index in [1.807, 2.05) is 11.3 Å². The molecule has 0 aliphatic carbocycles. The van der Waals surface area contributed by atoms with Crippen LogP contribution in [0.5, 0.6) is 0 Å². The molecule has 0 saturated carbocycles. The van der Waals surface area contributed by atoms with Gasteiger partial charge >= 0.3 is 0 Å². The minimum Gasteiger partial charge on any atom is -0.148 e. The van der Waals surface area contributed by atoms with Crippen LogP contribution in [0.4, 0.5) is 0 Å². The summed E-state index contributed by atoms with van der Waals surface area (Å²) in [6, 6.07) is 0. The molecule has 0 amide bonds. The first-order valence-electron chi connectivity index (χ1n) is 3.96. The van der Waals surface area contributed by atoms with Crippen molar-refractivity contribution in [1.82, 2.24) is 0 Å². The predicted molar refractivity (Wildman–Crippen MR) is 65.9 cm³/mol. The molecule has 0 aliphatic rings. The molecule has 0 nitrogen and oxygen atoms in total. The molecular weight excluding hydrogens is 202 g/mol. The third-order valence-corrected chi connectivity index (χ3v) is 6.05. The summed E-state index contributed by atoms with van der Waals surface area (Å²) in [5, 5.41) is 5.67. The van der Waals surface area contributed by atoms with Crippen molar-refractivity contribution in [2.24, 2.45) is 0 Å². The van der Waals surface area contributed by atoms with Crippen LogP contribution in [0.3, 0.4) is 0 Å². The van der Waals surface area contributed by atoms with Gasteiger partial charge in [0.2, 0.25) is 0 Å². The SMILES string of the molecule is Cc1scc(P(C)C)c1P(C)C. The highest BCUT2D eigenvalue weighted by molar-refractivity contribution is 7.71. The highest BCUT2D eigenvalue weighted by atomic mass is 32.1. The number of thiophene rings is 1. The van der Waals surface area contributed by atoms with Gasteiger partial charge in [0, 0.05) is 4.88 Å². The number of aryl methyl sites for hydroxylation is 1. The Labute approximate surface area is 81.9 Å². The second kappa shape index (κ2) is 4.18. The Morgan fingerprint density at radius 2 is 1.67 bits per heavy atom. The topological polar surface area (TPSA) is 0 Å². The average molecular weight is 218 g/mol. The van der Waals surface area contributed by atoms with Crippen LogP contribution in [0.1, 0.15) is 4.88 Å². The van der Waals surface area contributed by atoms with Gasteiger partial charge in [0.15, 0.2) is 0 Å². The summed E-state index contributed by atoms with van der Waals surface area (Å²) in [4.78, 5) is 1.54. The Balaban J connectivity index is 3.12. The zero-order chi connectivity index (χ0) is 9.30. The molecule has 0 aromatic carbocycles. The lowest BCUT2D eigenvalue weighted by molar-refractivity contribution is 1.69. The van der Waals surface area contributed by atoms with Crippen molar-refractivity contribution in [3.8, 4) is 0 Å². The smallest absolute Gasteiger partial charge is 0.00974 e. The summed E-state index contributed by atoms with van der Waals surface area (Å²) in [6.45, 7) is 11.7. The fourth-order valence-corrected chi connectivity index (χ4v) is 6.74. The minimum absolute atomic E-state index is 0.0940. The minimum atomic E-state index is 0.0940. The molecule has 0 fully saturated rings. The van der Waals surface area contributed by atoms with Gasteiger partial charge in [-0.15, -0.1) is 11.3 Å². The van der Waals surface area contributed by atoms with Crippen LogP contribution in [-0.2, 0) is 0 Å². The van der Waals surface area contributed by atoms with E-state index in [4.69, 9.17) is 0 Å². The molecule has 68 valence electrons. The molecule has 0 aliphatic heterocycles. The number of hydrogen-bond donors (Lipinski definition) is 0. The Hall–Kier alpha value is 0.560. The van der Waals surface area contributed by atoms with E-state index in [-0.39, 0.29) is 15.8 Å². The summed E-state index contributed by atoms with van der Waals surface area (Å²) in [5.74, 6) is 0. The first-order valence-corrected chi connectivity index (χ1v) is 9.32. The first kappa shape index (κ1) is 10.6. The molecule has 0 N–H and O–H groups in total. The molecule has 0 spiro atoms. The summed E-state index contributed by atoms with van der Waals surface area (Å²) in [7, 11) is 0.193. The van der Waals surface area contributed by atoms with Crippen LogP contribution in [0, 0.1) is 6.92 Å². The van der Waals surface area contributed by atoms with Gasteiger partial charge in [-0.2, -0.15) is 0 Å². The monoisotopic (exact) mass is 218 g/mol. The fourth-order valence-electron chi connectivity index (χ4n) is 1.30. The lowest BCUT2D eigenvalue weighted by Gasteiger charge is -2.12. The van der Waals surface area contributed by atoms with Crippen LogP contribution in [-0.4, -0.2) is 26.7 Å². The molecule has 1 rings (SSSR count). The van der Waals surface area contributed by atoms with E-state index in [2.05, 4.69) is 39.0 Å². The molecule has 0 radical (unpaired) electrons. The van der Waals surface area contributed by atoms with Crippen LogP contribution >= 0.6 is 27.2 Å². The van der Waals surface area contributed by atoms with E-state index in [1.165, 1.54) is 4.88 Å². The third kappa shape index (κ3) is 2.08. The van der Waals surface area contributed by atoms with Gasteiger partial charge in [-0.3, -0.25) is 0 Å². The Morgan fingerprint density at radius 3 is 2.00 bits per heavy atom. The Kier molecular flexibility index (Phi) is 3.71. The van der Waals surface area contributed by atoms with Crippen LogP contribution < -0.4 is 10.6 Å². The zero-order valence-corrected chi connectivity index (χ0v) is 11.0. The van der Waals surface area contributed by atoms with Crippen molar-refractivity contribution in [3.63, 3.8) is 0 Å². The molecule has 1 heterocycles. The molecule has 1 aromatic rings. The van der Waals surface area contributed by atoms with E-state index in [1.54, 1.807) is 10.6 Å². The first-order chi connectivity index (χ1) is 5.54. The Morgan fingerprint density at radius 1 is 1.08 bits per heavy atom. The fraction of sp³-hybridized carbons (Fsp3) is 0.556. The van der Waals surface area contributed by atoms with Gasteiger partial charge in [0.25, 0.3) is 0 Å². The lowest BCUT2D eigenvalue weighted by atomic mass is 10.5. The van der Waals surface area contributed by atoms with E-state index in [0.717, 1.165) is 0 Å². The van der Waals surface area contributed by atoms with Crippen molar-refractivity contribution < 1.29 is 0 Å². The van der Waals surface area contributed by atoms with Gasteiger partial charge in [0.05, 0.1) is 0 Å². The second-order valence-electron chi connectivity index (χ2n) is 3.31. The van der Waals surface area contributed by atoms with Crippen molar-refractivity contribution in [3.05, 3.63) is 10.3 Å². The predicted octanol–water partition coefficient (Wildman–Crippen LogP) is 2.79. The highest BCUT2D eigenvalue weighted by Crippen LogP contribution is 2.34. The molecule has 0 saturated heterocycles. The number of rotatable bonds is 2. The maximum atomic E-state index is 2.36. The summed E-state index contributed by atoms with van der Waals surface area (Å²) >= 11 is 1.92. The van der Waals surface area contributed by atoms with Gasteiger partial charge in [-0.05, 0) is 49.6 Å². The van der Waals surface area contributed by atoms with E-state index < -0.39 is 0 Å². The van der Waals surface area contributed by atoms with E-state index in [9.17, 15) is 0 Å². The molecule has 1 aromatic heterocycles. The molecule has 0 atom stereocenters. The maximum absolute atomic E-state index is 2.36. The molecular formula is C9H16P2S. The van der Waals surface area contributed by atoms with Crippen LogP contribution in [0.25, 0.3) is 0 Å². The van der Waals surface area contributed by atoms with Crippen LogP contribution in [0.15, 0.2) is 5.38 Å². The second-order valence-corrected chi connectivity index (χ2v) is 8.91. The van der Waals surface area contributed by atoms with Crippen molar-refractivity contribution >= 4 is 37.8 Å². The van der Waals surface area contributed by atoms with Gasteiger partial charge < -0.3 is 0 Å². The largest absolute Gasteiger partial charge is 0.148 e. The Bertz CT molecular complexity index is 263. The highest BCUT2D eigenvalue weighted by Gasteiger charge is 2.13. The molecule has 12 heavy (non-hydrogen) atoms. The van der Waals surface area contributed by atoms with Crippen molar-refractivity contribution in [2.75, 3.05) is 26.7 Å². The summed E-state index contributed by atoms with van der Waals surface area (Å²) in [5.41, 5.74) is 0. The van der Waals surface area contributed by atoms with Gasteiger partial charge in [0.1, 0.15) is 0 Å². The normalized spacial score (nSPS) is 11.6. The average Bonchev–Trinajstić information content (AvgIpc) is 2.30. The van der Waals surface area contributed by atoms with Gasteiger partial charge in [-0.1, -0.05) is 15.8 Å². The quantitative estimate of drug-likeness (QED) is 0.669. The lowest BCUT2D eigenvalue weighted by Crippen LogP contribution is -2.18. The zero-order valence-electron chi connectivity index (χ0n) is 8.38. The molecule has 0 unspecified atom stereocenters. The summed E-state index contributed by atoms with van der Waals surface area (Å²) in [6.07, 6.45) is 0. The third-order valence-electron chi connectivity index (χ3n) is 1.85. The van der Waals surface area contributed by atoms with E-state index >= 15 is 0 Å². The van der Waals surface area contributed by atoms with E-state index in [0.29, 0.717) is 0 Å². The molecule has 0 bridgehead atoms. The maximum Gasteiger partial charge on any atom is 0.00974 e. The van der Waals surface area contributed by atoms with Crippen LogP contribution in [0.2, 0.25) is 0 Å². The van der Waals surface area contributed by atoms with Gasteiger partial charge in [-0.25, -0.2) is 0 Å². The summed E-state index contributed by atoms with van der Waals surface area (Å²) < 4.78 is 0. The molecule has 3 heteroatoms. The number of hydrogen-bond acceptors (Lipinski definition) is 1. The van der Waals surface area contributed by atoms with Crippen molar-refractivity contribution in [2.45, 2.75) is 6.92 Å².